The first-order valence-corrected chi connectivity index (χ1v) is 6.31. The van der Waals surface area contributed by atoms with Crippen LogP contribution in [0.4, 0.5) is 0 Å². The lowest BCUT2D eigenvalue weighted by Crippen LogP contribution is -2.25. The van der Waals surface area contributed by atoms with Crippen molar-refractivity contribution < 1.29 is 14.3 Å². The van der Waals surface area contributed by atoms with Crippen LogP contribution in [-0.2, 0) is 4.79 Å². The van der Waals surface area contributed by atoms with Crippen LogP contribution >= 0.6 is 0 Å². The second-order valence-corrected chi connectivity index (χ2v) is 4.92. The highest BCUT2D eigenvalue weighted by Crippen LogP contribution is 2.38. The molecule has 1 aliphatic carbocycles. The summed E-state index contributed by atoms with van der Waals surface area (Å²) in [6.45, 7) is 0. The van der Waals surface area contributed by atoms with Crippen LogP contribution in [0.3, 0.4) is 0 Å². The number of aliphatic carboxylic acids is 1. The molecule has 0 radical (unpaired) electrons. The van der Waals surface area contributed by atoms with E-state index in [4.69, 9.17) is 4.42 Å². The van der Waals surface area contributed by atoms with Gasteiger partial charge in [0, 0.05) is 0 Å². The number of oxazole rings is 1. The fourth-order valence-electron chi connectivity index (χ4n) is 2.93. The standard InChI is InChI=1S/C14H15NO3/c16-14(17)11-4-2-1-3-10(11)9-5-6-12-13(7-9)18-8-15-12/h5-8,10-11H,1-4H2,(H,16,17). The van der Waals surface area contributed by atoms with E-state index in [2.05, 4.69) is 4.98 Å². The lowest BCUT2D eigenvalue weighted by molar-refractivity contribution is -0.143. The molecule has 1 heterocycles. The molecular formula is C14H15NO3. The van der Waals surface area contributed by atoms with E-state index in [-0.39, 0.29) is 11.8 Å². The molecule has 0 amide bonds. The van der Waals surface area contributed by atoms with Crippen molar-refractivity contribution in [2.75, 3.05) is 0 Å². The highest BCUT2D eigenvalue weighted by Gasteiger charge is 2.31. The monoisotopic (exact) mass is 245 g/mol. The van der Waals surface area contributed by atoms with Crippen LogP contribution in [0.25, 0.3) is 11.1 Å². The van der Waals surface area contributed by atoms with Crippen molar-refractivity contribution in [3.63, 3.8) is 0 Å². The van der Waals surface area contributed by atoms with E-state index in [1.165, 1.54) is 6.39 Å². The van der Waals surface area contributed by atoms with Crippen molar-refractivity contribution in [3.05, 3.63) is 30.2 Å². The van der Waals surface area contributed by atoms with E-state index in [9.17, 15) is 9.90 Å². The Morgan fingerprint density at radius 1 is 1.33 bits per heavy atom. The lowest BCUT2D eigenvalue weighted by Gasteiger charge is -2.28. The molecule has 3 rings (SSSR count). The van der Waals surface area contributed by atoms with Crippen molar-refractivity contribution in [3.8, 4) is 0 Å². The van der Waals surface area contributed by atoms with Crippen molar-refractivity contribution in [2.24, 2.45) is 5.92 Å². The lowest BCUT2D eigenvalue weighted by atomic mass is 9.75. The SMILES string of the molecule is O=C(O)C1CCCCC1c1ccc2ncoc2c1. The summed E-state index contributed by atoms with van der Waals surface area (Å²) in [5.41, 5.74) is 2.62. The second-order valence-electron chi connectivity index (χ2n) is 4.92. The summed E-state index contributed by atoms with van der Waals surface area (Å²) in [4.78, 5) is 15.4. The Morgan fingerprint density at radius 2 is 2.17 bits per heavy atom. The molecule has 2 atom stereocenters. The van der Waals surface area contributed by atoms with Crippen LogP contribution in [-0.4, -0.2) is 16.1 Å². The molecule has 94 valence electrons. The Hall–Kier alpha value is -1.84. The molecule has 1 N–H and O–H groups in total. The largest absolute Gasteiger partial charge is 0.481 e. The van der Waals surface area contributed by atoms with Gasteiger partial charge in [0.05, 0.1) is 5.92 Å². The van der Waals surface area contributed by atoms with Gasteiger partial charge in [0.1, 0.15) is 5.52 Å². The van der Waals surface area contributed by atoms with E-state index < -0.39 is 5.97 Å². The predicted molar refractivity (Wildman–Crippen MR) is 66.3 cm³/mol. The first-order chi connectivity index (χ1) is 8.75. The number of carbonyl (C=O) groups is 1. The first-order valence-electron chi connectivity index (χ1n) is 6.31. The summed E-state index contributed by atoms with van der Waals surface area (Å²) >= 11 is 0. The summed E-state index contributed by atoms with van der Waals surface area (Å²) < 4.78 is 5.29. The topological polar surface area (TPSA) is 63.3 Å². The van der Waals surface area contributed by atoms with E-state index in [1.807, 2.05) is 18.2 Å². The van der Waals surface area contributed by atoms with Crippen LogP contribution in [0.15, 0.2) is 29.0 Å². The Morgan fingerprint density at radius 3 is 3.00 bits per heavy atom. The fraction of sp³-hybridized carbons (Fsp3) is 0.429. The van der Waals surface area contributed by atoms with Gasteiger partial charge in [-0.15, -0.1) is 0 Å². The first kappa shape index (κ1) is 11.3. The van der Waals surface area contributed by atoms with Gasteiger partial charge in [-0.1, -0.05) is 18.9 Å². The van der Waals surface area contributed by atoms with Gasteiger partial charge in [-0.2, -0.15) is 0 Å². The molecule has 1 aromatic carbocycles. The molecule has 0 saturated heterocycles. The van der Waals surface area contributed by atoms with Crippen molar-refractivity contribution in [1.29, 1.82) is 0 Å². The zero-order valence-electron chi connectivity index (χ0n) is 10.0. The molecule has 0 bridgehead atoms. The number of aromatic nitrogens is 1. The second kappa shape index (κ2) is 4.44. The number of benzene rings is 1. The molecule has 0 spiro atoms. The van der Waals surface area contributed by atoms with E-state index in [0.29, 0.717) is 0 Å². The molecule has 2 aromatic rings. The highest BCUT2D eigenvalue weighted by atomic mass is 16.4. The van der Waals surface area contributed by atoms with Crippen LogP contribution in [0, 0.1) is 5.92 Å². The molecule has 18 heavy (non-hydrogen) atoms. The summed E-state index contributed by atoms with van der Waals surface area (Å²) in [7, 11) is 0. The van der Waals surface area contributed by atoms with Gasteiger partial charge in [0.15, 0.2) is 12.0 Å². The number of fused-ring (bicyclic) bond motifs is 1. The minimum Gasteiger partial charge on any atom is -0.481 e. The number of hydrogen-bond acceptors (Lipinski definition) is 3. The Kier molecular flexibility index (Phi) is 2.78. The van der Waals surface area contributed by atoms with Gasteiger partial charge >= 0.3 is 5.97 Å². The van der Waals surface area contributed by atoms with Gasteiger partial charge in [0.25, 0.3) is 0 Å². The Labute approximate surface area is 105 Å². The van der Waals surface area contributed by atoms with Crippen LogP contribution in [0.2, 0.25) is 0 Å². The quantitative estimate of drug-likeness (QED) is 0.882. The molecular weight excluding hydrogens is 230 g/mol. The number of nitrogens with zero attached hydrogens (tertiary/aromatic N) is 1. The van der Waals surface area contributed by atoms with Crippen LogP contribution < -0.4 is 0 Å². The van der Waals surface area contributed by atoms with Crippen molar-refractivity contribution in [2.45, 2.75) is 31.6 Å². The number of carboxylic acids is 1. The van der Waals surface area contributed by atoms with Gasteiger partial charge in [0.2, 0.25) is 0 Å². The normalized spacial score (nSPS) is 24.2. The van der Waals surface area contributed by atoms with Gasteiger partial charge in [-0.05, 0) is 36.5 Å². The molecule has 2 unspecified atom stereocenters. The average Bonchev–Trinajstić information content (AvgIpc) is 2.85. The minimum atomic E-state index is -0.683. The maximum absolute atomic E-state index is 11.3. The molecule has 1 aliphatic rings. The molecule has 4 heteroatoms. The minimum absolute atomic E-state index is 0.103. The third-order valence-corrected chi connectivity index (χ3v) is 3.87. The Bertz CT molecular complexity index is 575. The van der Waals surface area contributed by atoms with Crippen molar-refractivity contribution in [1.82, 2.24) is 4.98 Å². The molecule has 4 nitrogen and oxygen atoms in total. The number of hydrogen-bond donors (Lipinski definition) is 1. The number of carboxylic acid groups (broad SMARTS) is 1. The van der Waals surface area contributed by atoms with E-state index >= 15 is 0 Å². The molecule has 1 fully saturated rings. The maximum atomic E-state index is 11.3. The third-order valence-electron chi connectivity index (χ3n) is 3.87. The van der Waals surface area contributed by atoms with Crippen LogP contribution in [0.1, 0.15) is 37.2 Å². The highest BCUT2D eigenvalue weighted by molar-refractivity contribution is 5.75. The third kappa shape index (κ3) is 1.88. The van der Waals surface area contributed by atoms with E-state index in [1.54, 1.807) is 0 Å². The zero-order valence-corrected chi connectivity index (χ0v) is 10.0. The number of rotatable bonds is 2. The zero-order chi connectivity index (χ0) is 12.5. The Balaban J connectivity index is 1.97. The van der Waals surface area contributed by atoms with Crippen LogP contribution in [0.5, 0.6) is 0 Å². The van der Waals surface area contributed by atoms with Crippen molar-refractivity contribution >= 4 is 17.1 Å². The smallest absolute Gasteiger partial charge is 0.307 e. The van der Waals surface area contributed by atoms with Gasteiger partial charge in [-0.3, -0.25) is 4.79 Å². The maximum Gasteiger partial charge on any atom is 0.307 e. The van der Waals surface area contributed by atoms with Gasteiger partial charge in [-0.25, -0.2) is 4.98 Å². The van der Waals surface area contributed by atoms with E-state index in [0.717, 1.165) is 42.3 Å². The summed E-state index contributed by atoms with van der Waals surface area (Å²) in [5.74, 6) is -0.845. The fourth-order valence-corrected chi connectivity index (χ4v) is 2.93. The summed E-state index contributed by atoms with van der Waals surface area (Å²) in [6, 6.07) is 5.83. The molecule has 1 aromatic heterocycles. The summed E-state index contributed by atoms with van der Waals surface area (Å²) in [5, 5.41) is 9.31. The molecule has 0 aliphatic heterocycles. The predicted octanol–water partition coefficient (Wildman–Crippen LogP) is 3.19. The van der Waals surface area contributed by atoms with Gasteiger partial charge < -0.3 is 9.52 Å². The average molecular weight is 245 g/mol. The molecule has 1 saturated carbocycles. The summed E-state index contributed by atoms with van der Waals surface area (Å²) in [6.07, 6.45) is 5.25.